The van der Waals surface area contributed by atoms with Gasteiger partial charge in [-0.3, -0.25) is 9.69 Å². The lowest BCUT2D eigenvalue weighted by Crippen LogP contribution is -2.40. The Hall–Kier alpha value is -1.90. The normalized spacial score (nSPS) is 19.0. The highest BCUT2D eigenvalue weighted by Crippen LogP contribution is 2.19. The van der Waals surface area contributed by atoms with E-state index in [0.29, 0.717) is 30.3 Å². The summed E-state index contributed by atoms with van der Waals surface area (Å²) < 4.78 is 0. The molecule has 1 fully saturated rings. The summed E-state index contributed by atoms with van der Waals surface area (Å²) in [6.07, 6.45) is 3.36. The maximum atomic E-state index is 12.1. The number of piperidine rings is 1. The average molecular weight is 286 g/mol. The molecule has 112 valence electrons. The van der Waals surface area contributed by atoms with Crippen LogP contribution in [0.4, 0.5) is 5.69 Å². The molecule has 5 nitrogen and oxygen atoms in total. The molecule has 5 heteroatoms. The van der Waals surface area contributed by atoms with Crippen molar-refractivity contribution < 1.29 is 4.79 Å². The summed E-state index contributed by atoms with van der Waals surface area (Å²) in [5.74, 6) is 0.581. The quantitative estimate of drug-likeness (QED) is 0.860. The topological polar surface area (TPSA) is 82.2 Å². The lowest BCUT2D eigenvalue weighted by atomic mass is 9.95. The highest BCUT2D eigenvalue weighted by Gasteiger charge is 2.20. The Bertz CT molecular complexity index is 521. The van der Waals surface area contributed by atoms with Crippen LogP contribution >= 0.6 is 0 Å². The van der Waals surface area contributed by atoms with Crippen molar-refractivity contribution >= 4 is 11.6 Å². The van der Waals surface area contributed by atoms with Crippen molar-refractivity contribution in [2.24, 2.45) is 11.7 Å². The van der Waals surface area contributed by atoms with Crippen LogP contribution in [0, 0.1) is 17.2 Å². The summed E-state index contributed by atoms with van der Waals surface area (Å²) in [6.45, 7) is 3.03. The van der Waals surface area contributed by atoms with Gasteiger partial charge in [-0.05, 0) is 56.5 Å². The number of nitrogens with two attached hydrogens (primary N) is 1. The Morgan fingerprint density at radius 3 is 3.14 bits per heavy atom. The van der Waals surface area contributed by atoms with Gasteiger partial charge in [0.1, 0.15) is 0 Å². The summed E-state index contributed by atoms with van der Waals surface area (Å²) in [6, 6.07) is 9.04. The van der Waals surface area contributed by atoms with Gasteiger partial charge in [0.2, 0.25) is 5.91 Å². The second kappa shape index (κ2) is 7.77. The van der Waals surface area contributed by atoms with Crippen molar-refractivity contribution in [2.75, 3.05) is 31.5 Å². The summed E-state index contributed by atoms with van der Waals surface area (Å²) >= 11 is 0. The number of likely N-dealkylation sites (tertiary alicyclic amines) is 1. The zero-order valence-corrected chi connectivity index (χ0v) is 12.2. The van der Waals surface area contributed by atoms with Crippen LogP contribution < -0.4 is 11.1 Å². The number of carbonyl (C=O) groups excluding carboxylic acids is 1. The van der Waals surface area contributed by atoms with Gasteiger partial charge >= 0.3 is 0 Å². The molecule has 0 radical (unpaired) electrons. The lowest BCUT2D eigenvalue weighted by molar-refractivity contribution is -0.117. The third-order valence-corrected chi connectivity index (χ3v) is 3.82. The van der Waals surface area contributed by atoms with Crippen LogP contribution in [0.1, 0.15) is 24.8 Å². The number of rotatable bonds is 5. The van der Waals surface area contributed by atoms with E-state index in [1.165, 1.54) is 6.42 Å². The average Bonchev–Trinajstić information content (AvgIpc) is 2.48. The van der Waals surface area contributed by atoms with E-state index in [1.54, 1.807) is 24.3 Å². The van der Waals surface area contributed by atoms with E-state index in [1.807, 2.05) is 0 Å². The molecule has 21 heavy (non-hydrogen) atoms. The Morgan fingerprint density at radius 1 is 1.52 bits per heavy atom. The van der Waals surface area contributed by atoms with Crippen molar-refractivity contribution in [3.8, 4) is 6.07 Å². The molecule has 1 aliphatic rings. The van der Waals surface area contributed by atoms with Crippen molar-refractivity contribution in [3.63, 3.8) is 0 Å². The maximum Gasteiger partial charge on any atom is 0.238 e. The fourth-order valence-corrected chi connectivity index (χ4v) is 2.84. The van der Waals surface area contributed by atoms with Gasteiger partial charge in [-0.15, -0.1) is 0 Å². The first-order valence-corrected chi connectivity index (χ1v) is 7.43. The first-order chi connectivity index (χ1) is 10.2. The van der Waals surface area contributed by atoms with E-state index in [0.717, 1.165) is 25.9 Å². The molecule has 0 aliphatic carbocycles. The van der Waals surface area contributed by atoms with E-state index >= 15 is 0 Å². The zero-order valence-electron chi connectivity index (χ0n) is 12.2. The van der Waals surface area contributed by atoms with E-state index in [4.69, 9.17) is 11.0 Å². The molecule has 1 atom stereocenters. The van der Waals surface area contributed by atoms with E-state index in [2.05, 4.69) is 16.3 Å². The van der Waals surface area contributed by atoms with Crippen LogP contribution in [-0.2, 0) is 4.79 Å². The van der Waals surface area contributed by atoms with E-state index < -0.39 is 0 Å². The number of nitrogens with zero attached hydrogens (tertiary/aromatic N) is 2. The number of nitriles is 1. The van der Waals surface area contributed by atoms with Gasteiger partial charge in [-0.1, -0.05) is 6.07 Å². The molecule has 0 saturated carbocycles. The number of hydrogen-bond donors (Lipinski definition) is 2. The van der Waals surface area contributed by atoms with Crippen LogP contribution in [-0.4, -0.2) is 37.0 Å². The SMILES string of the molecule is N#Cc1cccc(NC(=O)CN2CCCC(CCN)C2)c1. The van der Waals surface area contributed by atoms with Crippen LogP contribution in [0.3, 0.4) is 0 Å². The van der Waals surface area contributed by atoms with Crippen molar-refractivity contribution in [1.29, 1.82) is 5.26 Å². The van der Waals surface area contributed by atoms with Crippen LogP contribution in [0.25, 0.3) is 0 Å². The molecule has 1 saturated heterocycles. The van der Waals surface area contributed by atoms with E-state index in [9.17, 15) is 4.79 Å². The minimum absolute atomic E-state index is 0.0292. The highest BCUT2D eigenvalue weighted by molar-refractivity contribution is 5.92. The number of carbonyl (C=O) groups is 1. The van der Waals surface area contributed by atoms with Crippen molar-refractivity contribution in [1.82, 2.24) is 4.90 Å². The molecular weight excluding hydrogens is 264 g/mol. The maximum absolute atomic E-state index is 12.1. The molecule has 1 amide bonds. The van der Waals surface area contributed by atoms with Crippen LogP contribution in [0.2, 0.25) is 0 Å². The van der Waals surface area contributed by atoms with Gasteiger partial charge in [-0.25, -0.2) is 0 Å². The lowest BCUT2D eigenvalue weighted by Gasteiger charge is -2.32. The minimum atomic E-state index is -0.0292. The summed E-state index contributed by atoms with van der Waals surface area (Å²) in [5.41, 5.74) is 6.84. The number of amides is 1. The monoisotopic (exact) mass is 286 g/mol. The molecule has 1 aromatic rings. The Balaban J connectivity index is 1.85. The van der Waals surface area contributed by atoms with Gasteiger partial charge in [0.15, 0.2) is 0 Å². The van der Waals surface area contributed by atoms with E-state index in [-0.39, 0.29) is 5.91 Å². The number of benzene rings is 1. The first kappa shape index (κ1) is 15.5. The number of nitrogens with one attached hydrogen (secondary N) is 1. The molecule has 1 heterocycles. The molecule has 0 bridgehead atoms. The Kier molecular flexibility index (Phi) is 5.73. The largest absolute Gasteiger partial charge is 0.330 e. The van der Waals surface area contributed by atoms with Crippen LogP contribution in [0.15, 0.2) is 24.3 Å². The Labute approximate surface area is 125 Å². The van der Waals surface area contributed by atoms with Crippen molar-refractivity contribution in [2.45, 2.75) is 19.3 Å². The van der Waals surface area contributed by atoms with Crippen LogP contribution in [0.5, 0.6) is 0 Å². The molecule has 2 rings (SSSR count). The fraction of sp³-hybridized carbons (Fsp3) is 0.500. The third-order valence-electron chi connectivity index (χ3n) is 3.82. The predicted octanol–water partition coefficient (Wildman–Crippen LogP) is 1.56. The smallest absolute Gasteiger partial charge is 0.238 e. The van der Waals surface area contributed by atoms with Gasteiger partial charge in [0.25, 0.3) is 0 Å². The summed E-state index contributed by atoms with van der Waals surface area (Å²) in [7, 11) is 0. The zero-order chi connectivity index (χ0) is 15.1. The fourth-order valence-electron chi connectivity index (χ4n) is 2.84. The molecule has 0 spiro atoms. The minimum Gasteiger partial charge on any atom is -0.330 e. The molecule has 0 aromatic heterocycles. The van der Waals surface area contributed by atoms with Crippen molar-refractivity contribution in [3.05, 3.63) is 29.8 Å². The molecule has 3 N–H and O–H groups in total. The first-order valence-electron chi connectivity index (χ1n) is 7.43. The Morgan fingerprint density at radius 2 is 2.38 bits per heavy atom. The molecule has 1 aliphatic heterocycles. The highest BCUT2D eigenvalue weighted by atomic mass is 16.2. The number of anilines is 1. The second-order valence-electron chi connectivity index (χ2n) is 5.56. The third kappa shape index (κ3) is 4.85. The molecular formula is C16H22N4O. The van der Waals surface area contributed by atoms with Gasteiger partial charge in [0, 0.05) is 12.2 Å². The molecule has 1 aromatic carbocycles. The summed E-state index contributed by atoms with van der Waals surface area (Å²) in [5, 5.41) is 11.7. The standard InChI is InChI=1S/C16H22N4O/c17-7-6-13-4-2-8-20(11-13)12-16(21)19-15-5-1-3-14(9-15)10-18/h1,3,5,9,13H,2,4,6-8,11-12,17H2,(H,19,21). The van der Waals surface area contributed by atoms with Gasteiger partial charge in [-0.2, -0.15) is 5.26 Å². The van der Waals surface area contributed by atoms with Gasteiger partial charge < -0.3 is 11.1 Å². The van der Waals surface area contributed by atoms with Gasteiger partial charge in [0.05, 0.1) is 18.2 Å². The molecule has 1 unspecified atom stereocenters. The second-order valence-corrected chi connectivity index (χ2v) is 5.56. The number of hydrogen-bond acceptors (Lipinski definition) is 4. The predicted molar refractivity (Wildman–Crippen MR) is 82.6 cm³/mol. The summed E-state index contributed by atoms with van der Waals surface area (Å²) in [4.78, 5) is 14.3.